The molecule has 0 saturated carbocycles. The van der Waals surface area contributed by atoms with Crippen LogP contribution in [0.25, 0.3) is 0 Å². The molecule has 0 saturated heterocycles. The van der Waals surface area contributed by atoms with Gasteiger partial charge in [-0.25, -0.2) is 4.39 Å². The van der Waals surface area contributed by atoms with Gasteiger partial charge in [0.25, 0.3) is 0 Å². The Hall–Kier alpha value is -3.47. The molecule has 0 radical (unpaired) electrons. The highest BCUT2D eigenvalue weighted by Gasteiger charge is 2.26. The number of nitrogens with one attached hydrogen (secondary N) is 1. The molecule has 0 unspecified atom stereocenters. The van der Waals surface area contributed by atoms with E-state index in [0.717, 1.165) is 11.1 Å². The Kier molecular flexibility index (Phi) is 6.17. The van der Waals surface area contributed by atoms with E-state index < -0.39 is 11.7 Å². The first-order chi connectivity index (χ1) is 13.5. The molecule has 3 aromatic rings. The fraction of sp³-hybridized carbons (Fsp3) is 0.130. The van der Waals surface area contributed by atoms with Gasteiger partial charge < -0.3 is 10.2 Å². The zero-order chi connectivity index (χ0) is 19.9. The first-order valence-corrected chi connectivity index (χ1v) is 8.95. The van der Waals surface area contributed by atoms with Crippen LogP contribution in [0.2, 0.25) is 0 Å². The summed E-state index contributed by atoms with van der Waals surface area (Å²) in [6, 6.07) is 24.6. The van der Waals surface area contributed by atoms with E-state index in [1.165, 1.54) is 23.1 Å². The van der Waals surface area contributed by atoms with Crippen LogP contribution in [0.15, 0.2) is 84.9 Å². The minimum atomic E-state index is -0.505. The largest absolute Gasteiger partial charge is 0.336 e. The number of likely N-dealkylation sites (N-methyl/N-ethyl adjacent to an activating group) is 1. The Morgan fingerprint density at radius 2 is 1.46 bits per heavy atom. The minimum Gasteiger partial charge on any atom is -0.336 e. The SMILES string of the molecule is CN(CC(=O)Nc1cccc(F)c1)C(=O)C(c1ccccc1)c1ccccc1. The van der Waals surface area contributed by atoms with Crippen molar-refractivity contribution in [1.29, 1.82) is 0 Å². The second-order valence-corrected chi connectivity index (χ2v) is 6.51. The summed E-state index contributed by atoms with van der Waals surface area (Å²) in [5.41, 5.74) is 2.07. The van der Waals surface area contributed by atoms with E-state index in [0.29, 0.717) is 5.69 Å². The third-order valence-corrected chi connectivity index (χ3v) is 4.38. The van der Waals surface area contributed by atoms with E-state index in [2.05, 4.69) is 5.32 Å². The maximum absolute atomic E-state index is 13.3. The normalized spacial score (nSPS) is 10.5. The molecule has 5 heteroatoms. The molecule has 3 aromatic carbocycles. The van der Waals surface area contributed by atoms with Gasteiger partial charge in [-0.2, -0.15) is 0 Å². The molecule has 142 valence electrons. The third-order valence-electron chi connectivity index (χ3n) is 4.38. The van der Waals surface area contributed by atoms with Gasteiger partial charge in [0, 0.05) is 12.7 Å². The lowest BCUT2D eigenvalue weighted by Crippen LogP contribution is -2.38. The van der Waals surface area contributed by atoms with Crippen molar-refractivity contribution in [1.82, 2.24) is 4.90 Å². The molecule has 3 rings (SSSR count). The lowest BCUT2D eigenvalue weighted by molar-refractivity contribution is -0.133. The Balaban J connectivity index is 1.76. The number of amides is 2. The van der Waals surface area contributed by atoms with Crippen molar-refractivity contribution in [2.24, 2.45) is 0 Å². The summed E-state index contributed by atoms with van der Waals surface area (Å²) in [5, 5.41) is 2.61. The molecule has 0 aliphatic carbocycles. The molecule has 0 aliphatic heterocycles. The van der Waals surface area contributed by atoms with Crippen LogP contribution in [0.4, 0.5) is 10.1 Å². The number of benzene rings is 3. The molecule has 2 amide bonds. The van der Waals surface area contributed by atoms with E-state index in [1.54, 1.807) is 13.1 Å². The molecule has 4 nitrogen and oxygen atoms in total. The fourth-order valence-electron chi connectivity index (χ4n) is 3.05. The maximum atomic E-state index is 13.3. The summed E-state index contributed by atoms with van der Waals surface area (Å²) in [7, 11) is 1.59. The lowest BCUT2D eigenvalue weighted by atomic mass is 9.90. The highest BCUT2D eigenvalue weighted by molar-refractivity contribution is 5.96. The number of carbonyl (C=O) groups excluding carboxylic acids is 2. The van der Waals surface area contributed by atoms with E-state index >= 15 is 0 Å². The summed E-state index contributed by atoms with van der Waals surface area (Å²) in [6.45, 7) is -0.133. The van der Waals surface area contributed by atoms with Crippen molar-refractivity contribution in [3.8, 4) is 0 Å². The molecule has 0 bridgehead atoms. The van der Waals surface area contributed by atoms with Crippen molar-refractivity contribution in [2.45, 2.75) is 5.92 Å². The summed E-state index contributed by atoms with van der Waals surface area (Å²) in [4.78, 5) is 26.9. The highest BCUT2D eigenvalue weighted by Crippen LogP contribution is 2.26. The number of rotatable bonds is 6. The smallest absolute Gasteiger partial charge is 0.243 e. The van der Waals surface area contributed by atoms with Gasteiger partial charge in [-0.3, -0.25) is 9.59 Å². The quantitative estimate of drug-likeness (QED) is 0.705. The Morgan fingerprint density at radius 1 is 0.893 bits per heavy atom. The Labute approximate surface area is 163 Å². The van der Waals surface area contributed by atoms with Crippen molar-refractivity contribution < 1.29 is 14.0 Å². The van der Waals surface area contributed by atoms with Gasteiger partial charge in [0.05, 0.1) is 12.5 Å². The lowest BCUT2D eigenvalue weighted by Gasteiger charge is -2.24. The zero-order valence-corrected chi connectivity index (χ0v) is 15.5. The van der Waals surface area contributed by atoms with Crippen LogP contribution in [-0.2, 0) is 9.59 Å². The Bertz CT molecular complexity index is 906. The molecule has 28 heavy (non-hydrogen) atoms. The van der Waals surface area contributed by atoms with E-state index in [9.17, 15) is 14.0 Å². The van der Waals surface area contributed by atoms with Crippen molar-refractivity contribution in [3.05, 3.63) is 102 Å². The number of hydrogen-bond acceptors (Lipinski definition) is 2. The molecule has 0 heterocycles. The molecule has 0 spiro atoms. The van der Waals surface area contributed by atoms with Crippen molar-refractivity contribution in [2.75, 3.05) is 18.9 Å². The first-order valence-electron chi connectivity index (χ1n) is 8.95. The van der Waals surface area contributed by atoms with Gasteiger partial charge in [0.2, 0.25) is 11.8 Å². The van der Waals surface area contributed by atoms with Crippen LogP contribution in [-0.4, -0.2) is 30.3 Å². The van der Waals surface area contributed by atoms with Crippen LogP contribution in [0.1, 0.15) is 17.0 Å². The second-order valence-electron chi connectivity index (χ2n) is 6.51. The van der Waals surface area contributed by atoms with Gasteiger partial charge in [-0.15, -0.1) is 0 Å². The number of hydrogen-bond donors (Lipinski definition) is 1. The van der Waals surface area contributed by atoms with Crippen molar-refractivity contribution in [3.63, 3.8) is 0 Å². The average molecular weight is 376 g/mol. The minimum absolute atomic E-state index is 0.133. The van der Waals surface area contributed by atoms with Crippen molar-refractivity contribution >= 4 is 17.5 Å². The summed E-state index contributed by atoms with van der Waals surface area (Å²) >= 11 is 0. The molecular weight excluding hydrogens is 355 g/mol. The molecule has 0 aromatic heterocycles. The maximum Gasteiger partial charge on any atom is 0.243 e. The van der Waals surface area contributed by atoms with E-state index in [1.807, 2.05) is 60.7 Å². The monoisotopic (exact) mass is 376 g/mol. The van der Waals surface area contributed by atoms with Crippen LogP contribution >= 0.6 is 0 Å². The predicted octanol–water partition coefficient (Wildman–Crippen LogP) is 4.05. The predicted molar refractivity (Wildman–Crippen MR) is 107 cm³/mol. The van der Waals surface area contributed by atoms with Crippen LogP contribution < -0.4 is 5.32 Å². The molecule has 0 aliphatic rings. The standard InChI is InChI=1S/C23H21FN2O2/c1-26(16-21(27)25-20-14-8-13-19(24)15-20)23(28)22(17-9-4-2-5-10-17)18-11-6-3-7-12-18/h2-15,22H,16H2,1H3,(H,25,27). The second kappa shape index (κ2) is 8.95. The first kappa shape index (κ1) is 19.3. The third kappa shape index (κ3) is 4.82. The molecule has 0 atom stereocenters. The number of nitrogens with zero attached hydrogens (tertiary/aromatic N) is 1. The van der Waals surface area contributed by atoms with Gasteiger partial charge >= 0.3 is 0 Å². The van der Waals surface area contributed by atoms with Gasteiger partial charge in [0.15, 0.2) is 0 Å². The number of halogens is 1. The topological polar surface area (TPSA) is 49.4 Å². The van der Waals surface area contributed by atoms with Gasteiger partial charge in [0.1, 0.15) is 5.82 Å². The summed E-state index contributed by atoms with van der Waals surface area (Å²) < 4.78 is 13.3. The van der Waals surface area contributed by atoms with Crippen LogP contribution in [0.3, 0.4) is 0 Å². The summed E-state index contributed by atoms with van der Waals surface area (Å²) in [5.74, 6) is -1.52. The zero-order valence-electron chi connectivity index (χ0n) is 15.5. The summed E-state index contributed by atoms with van der Waals surface area (Å²) in [6.07, 6.45) is 0. The highest BCUT2D eigenvalue weighted by atomic mass is 19.1. The number of anilines is 1. The fourth-order valence-corrected chi connectivity index (χ4v) is 3.05. The Morgan fingerprint density at radius 3 is 2.00 bits per heavy atom. The average Bonchev–Trinajstić information content (AvgIpc) is 2.69. The van der Waals surface area contributed by atoms with Crippen LogP contribution in [0, 0.1) is 5.82 Å². The molecule has 1 N–H and O–H groups in total. The molecular formula is C23H21FN2O2. The molecule has 0 fully saturated rings. The number of carbonyl (C=O) groups is 2. The van der Waals surface area contributed by atoms with Gasteiger partial charge in [-0.05, 0) is 29.3 Å². The van der Waals surface area contributed by atoms with Crippen LogP contribution in [0.5, 0.6) is 0 Å². The van der Waals surface area contributed by atoms with E-state index in [4.69, 9.17) is 0 Å². The van der Waals surface area contributed by atoms with E-state index in [-0.39, 0.29) is 18.4 Å². The van der Waals surface area contributed by atoms with Gasteiger partial charge in [-0.1, -0.05) is 66.7 Å².